The average molecular weight is 282 g/mol. The molecule has 1 aliphatic rings. The summed E-state index contributed by atoms with van der Waals surface area (Å²) in [7, 11) is 0. The van der Waals surface area contributed by atoms with Crippen LogP contribution in [0.25, 0.3) is 0 Å². The first-order valence-electron chi connectivity index (χ1n) is 6.77. The maximum atomic E-state index is 10.7. The molecule has 0 atom stereocenters. The van der Waals surface area contributed by atoms with Gasteiger partial charge in [0.05, 0.1) is 6.54 Å². The van der Waals surface area contributed by atoms with Crippen molar-refractivity contribution in [3.8, 4) is 0 Å². The molecule has 1 saturated heterocycles. The maximum Gasteiger partial charge on any atom is 0.317 e. The van der Waals surface area contributed by atoms with Crippen molar-refractivity contribution in [3.05, 3.63) is 21.4 Å². The Bertz CT molecular complexity index is 445. The van der Waals surface area contributed by atoms with Crippen molar-refractivity contribution in [3.63, 3.8) is 0 Å². The second-order valence-electron chi connectivity index (χ2n) is 5.24. The van der Waals surface area contributed by atoms with E-state index in [4.69, 9.17) is 5.11 Å². The standard InChI is InChI=1S/C14H22N2O2S/c1-11-8-13(12(2)19-11)9-15-4-3-5-16(7-6-15)10-14(17)18/h8H,3-7,9-10H2,1-2H3,(H,17,18). The number of aliphatic carboxylic acids is 1. The van der Waals surface area contributed by atoms with E-state index >= 15 is 0 Å². The fraction of sp³-hybridized carbons (Fsp3) is 0.643. The number of carboxylic acid groups (broad SMARTS) is 1. The Morgan fingerprint density at radius 1 is 1.26 bits per heavy atom. The van der Waals surface area contributed by atoms with E-state index in [2.05, 4.69) is 24.8 Å². The number of carboxylic acids is 1. The average Bonchev–Trinajstić information content (AvgIpc) is 2.50. The third kappa shape index (κ3) is 4.30. The first kappa shape index (κ1) is 14.5. The smallest absolute Gasteiger partial charge is 0.317 e. The molecule has 1 aliphatic heterocycles. The van der Waals surface area contributed by atoms with Crippen LogP contribution in [0.3, 0.4) is 0 Å². The van der Waals surface area contributed by atoms with E-state index in [0.717, 1.165) is 39.1 Å². The minimum absolute atomic E-state index is 0.171. The summed E-state index contributed by atoms with van der Waals surface area (Å²) in [5.41, 5.74) is 1.43. The molecule has 2 heterocycles. The van der Waals surface area contributed by atoms with E-state index in [1.807, 2.05) is 16.2 Å². The summed E-state index contributed by atoms with van der Waals surface area (Å²) in [6.07, 6.45) is 1.05. The van der Waals surface area contributed by atoms with Gasteiger partial charge in [-0.15, -0.1) is 11.3 Å². The normalized spacial score (nSPS) is 18.4. The lowest BCUT2D eigenvalue weighted by Crippen LogP contribution is -2.34. The maximum absolute atomic E-state index is 10.7. The summed E-state index contributed by atoms with van der Waals surface area (Å²) in [5, 5.41) is 8.84. The molecular formula is C14H22N2O2S. The Balaban J connectivity index is 1.89. The SMILES string of the molecule is Cc1cc(CN2CCCN(CC(=O)O)CC2)c(C)s1. The van der Waals surface area contributed by atoms with Gasteiger partial charge in [0, 0.05) is 35.9 Å². The molecule has 1 N–H and O–H groups in total. The zero-order valence-corrected chi connectivity index (χ0v) is 12.5. The minimum Gasteiger partial charge on any atom is -0.480 e. The van der Waals surface area contributed by atoms with Crippen LogP contribution in [-0.2, 0) is 11.3 Å². The van der Waals surface area contributed by atoms with Gasteiger partial charge in [-0.25, -0.2) is 0 Å². The lowest BCUT2D eigenvalue weighted by Gasteiger charge is -2.20. The van der Waals surface area contributed by atoms with E-state index in [0.29, 0.717) is 0 Å². The third-order valence-electron chi connectivity index (χ3n) is 3.58. The molecule has 5 heteroatoms. The molecule has 4 nitrogen and oxygen atoms in total. The van der Waals surface area contributed by atoms with Crippen LogP contribution in [0, 0.1) is 13.8 Å². The van der Waals surface area contributed by atoms with E-state index in [-0.39, 0.29) is 6.54 Å². The van der Waals surface area contributed by atoms with Gasteiger partial charge in [-0.05, 0) is 38.4 Å². The Labute approximate surface area is 118 Å². The lowest BCUT2D eigenvalue weighted by atomic mass is 10.2. The van der Waals surface area contributed by atoms with Gasteiger partial charge >= 0.3 is 5.97 Å². The number of hydrogen-bond donors (Lipinski definition) is 1. The van der Waals surface area contributed by atoms with E-state index < -0.39 is 5.97 Å². The molecule has 1 fully saturated rings. The lowest BCUT2D eigenvalue weighted by molar-refractivity contribution is -0.138. The summed E-state index contributed by atoms with van der Waals surface area (Å²) in [4.78, 5) is 18.0. The van der Waals surface area contributed by atoms with E-state index in [1.54, 1.807) is 0 Å². The summed E-state index contributed by atoms with van der Waals surface area (Å²) >= 11 is 1.86. The van der Waals surface area contributed by atoms with Crippen LogP contribution in [-0.4, -0.2) is 53.6 Å². The second kappa shape index (κ2) is 6.50. The molecule has 106 valence electrons. The van der Waals surface area contributed by atoms with E-state index in [1.165, 1.54) is 15.3 Å². The van der Waals surface area contributed by atoms with Gasteiger partial charge in [0.1, 0.15) is 0 Å². The number of hydrogen-bond acceptors (Lipinski definition) is 4. The summed E-state index contributed by atoms with van der Waals surface area (Å²) in [5.74, 6) is -0.724. The summed E-state index contributed by atoms with van der Waals surface area (Å²) in [6.45, 7) is 9.27. The monoisotopic (exact) mass is 282 g/mol. The van der Waals surface area contributed by atoms with Crippen molar-refractivity contribution in [2.24, 2.45) is 0 Å². The molecule has 0 amide bonds. The van der Waals surface area contributed by atoms with Crippen LogP contribution in [0.5, 0.6) is 0 Å². The van der Waals surface area contributed by atoms with Gasteiger partial charge in [-0.1, -0.05) is 0 Å². The van der Waals surface area contributed by atoms with Gasteiger partial charge in [0.2, 0.25) is 0 Å². The van der Waals surface area contributed by atoms with Gasteiger partial charge < -0.3 is 5.11 Å². The van der Waals surface area contributed by atoms with Crippen LogP contribution in [0.4, 0.5) is 0 Å². The molecular weight excluding hydrogens is 260 g/mol. The number of thiophene rings is 1. The highest BCUT2D eigenvalue weighted by Crippen LogP contribution is 2.22. The van der Waals surface area contributed by atoms with Crippen LogP contribution in [0.1, 0.15) is 21.7 Å². The molecule has 0 unspecified atom stereocenters. The van der Waals surface area contributed by atoms with Crippen molar-refractivity contribution in [2.75, 3.05) is 32.7 Å². The molecule has 0 spiro atoms. The largest absolute Gasteiger partial charge is 0.480 e. The highest BCUT2D eigenvalue weighted by atomic mass is 32.1. The zero-order valence-electron chi connectivity index (χ0n) is 11.7. The fourth-order valence-corrected chi connectivity index (χ4v) is 3.55. The number of rotatable bonds is 4. The quantitative estimate of drug-likeness (QED) is 0.917. The number of nitrogens with zero attached hydrogens (tertiary/aromatic N) is 2. The second-order valence-corrected chi connectivity index (χ2v) is 6.70. The van der Waals surface area contributed by atoms with Crippen molar-refractivity contribution < 1.29 is 9.90 Å². The van der Waals surface area contributed by atoms with Crippen LogP contribution in [0.2, 0.25) is 0 Å². The molecule has 0 aromatic carbocycles. The molecule has 0 saturated carbocycles. The highest BCUT2D eigenvalue weighted by Gasteiger charge is 2.17. The molecule has 1 aromatic rings. The first-order valence-corrected chi connectivity index (χ1v) is 7.58. The van der Waals surface area contributed by atoms with Crippen LogP contribution in [0.15, 0.2) is 6.07 Å². The Morgan fingerprint density at radius 2 is 1.95 bits per heavy atom. The Morgan fingerprint density at radius 3 is 2.58 bits per heavy atom. The molecule has 0 radical (unpaired) electrons. The van der Waals surface area contributed by atoms with Gasteiger partial charge in [0.25, 0.3) is 0 Å². The topological polar surface area (TPSA) is 43.8 Å². The van der Waals surface area contributed by atoms with E-state index in [9.17, 15) is 4.79 Å². The van der Waals surface area contributed by atoms with Gasteiger partial charge in [0.15, 0.2) is 0 Å². The van der Waals surface area contributed by atoms with Gasteiger partial charge in [-0.2, -0.15) is 0 Å². The third-order valence-corrected chi connectivity index (χ3v) is 4.59. The van der Waals surface area contributed by atoms with Crippen molar-refractivity contribution in [1.29, 1.82) is 0 Å². The number of carbonyl (C=O) groups is 1. The summed E-state index contributed by atoms with van der Waals surface area (Å²) in [6, 6.07) is 2.28. The Kier molecular flexibility index (Phi) is 4.96. The summed E-state index contributed by atoms with van der Waals surface area (Å²) < 4.78 is 0. The first-order chi connectivity index (χ1) is 9.04. The molecule has 2 rings (SSSR count). The molecule has 0 bridgehead atoms. The van der Waals surface area contributed by atoms with Crippen molar-refractivity contribution in [1.82, 2.24) is 9.80 Å². The molecule has 19 heavy (non-hydrogen) atoms. The van der Waals surface area contributed by atoms with Crippen molar-refractivity contribution in [2.45, 2.75) is 26.8 Å². The van der Waals surface area contributed by atoms with Gasteiger partial charge in [-0.3, -0.25) is 14.6 Å². The molecule has 1 aromatic heterocycles. The van der Waals surface area contributed by atoms with Crippen LogP contribution >= 0.6 is 11.3 Å². The highest BCUT2D eigenvalue weighted by molar-refractivity contribution is 7.12. The van der Waals surface area contributed by atoms with Crippen LogP contribution < -0.4 is 0 Å². The Hall–Kier alpha value is -0.910. The van der Waals surface area contributed by atoms with Crippen molar-refractivity contribution >= 4 is 17.3 Å². The molecule has 0 aliphatic carbocycles. The predicted molar refractivity (Wildman–Crippen MR) is 77.8 cm³/mol. The predicted octanol–water partition coefficient (Wildman–Crippen LogP) is 1.96. The number of aryl methyl sites for hydroxylation is 2. The zero-order chi connectivity index (χ0) is 13.8. The minimum atomic E-state index is -0.724. The fourth-order valence-electron chi connectivity index (χ4n) is 2.61.